The number of non-ortho nitro benzene ring substituents is 1. The van der Waals surface area contributed by atoms with Gasteiger partial charge in [-0.2, -0.15) is 0 Å². The third-order valence-corrected chi connectivity index (χ3v) is 5.75. The molecule has 4 rings (SSSR count). The first kappa shape index (κ1) is 20.0. The second-order valence-corrected chi connectivity index (χ2v) is 8.13. The molecule has 3 aromatic rings. The van der Waals surface area contributed by atoms with Crippen LogP contribution >= 0.6 is 24.0 Å². The van der Waals surface area contributed by atoms with E-state index in [2.05, 4.69) is 0 Å². The van der Waals surface area contributed by atoms with Gasteiger partial charge in [0.05, 0.1) is 15.5 Å². The maximum absolute atomic E-state index is 13.5. The zero-order valence-corrected chi connectivity index (χ0v) is 17.1. The van der Waals surface area contributed by atoms with Crippen LogP contribution in [0.5, 0.6) is 0 Å². The maximum atomic E-state index is 13.5. The monoisotopic (exact) mass is 440 g/mol. The Bertz CT molecular complexity index is 1240. The molecule has 2 heterocycles. The molecule has 9 heteroatoms. The number of nitro benzene ring substituents is 1. The van der Waals surface area contributed by atoms with Crippen LogP contribution in [0.2, 0.25) is 0 Å². The predicted molar refractivity (Wildman–Crippen MR) is 118 cm³/mol. The van der Waals surface area contributed by atoms with E-state index < -0.39 is 10.7 Å². The second kappa shape index (κ2) is 7.85. The third kappa shape index (κ3) is 3.77. The van der Waals surface area contributed by atoms with Gasteiger partial charge in [0, 0.05) is 23.8 Å². The Balaban J connectivity index is 1.61. The predicted octanol–water partition coefficient (Wildman–Crippen LogP) is 5.71. The van der Waals surface area contributed by atoms with E-state index in [0.29, 0.717) is 37.6 Å². The van der Waals surface area contributed by atoms with Gasteiger partial charge in [-0.05, 0) is 48.9 Å². The highest BCUT2D eigenvalue weighted by Crippen LogP contribution is 2.37. The number of nitro groups is 1. The number of amides is 1. The molecule has 1 aromatic heterocycles. The molecule has 1 amide bonds. The fourth-order valence-electron chi connectivity index (χ4n) is 3.05. The minimum absolute atomic E-state index is 0.00375. The molecule has 0 aliphatic carbocycles. The summed E-state index contributed by atoms with van der Waals surface area (Å²) in [5.41, 5.74) is 1.78. The lowest BCUT2D eigenvalue weighted by Crippen LogP contribution is -2.27. The number of rotatable bonds is 4. The molecule has 1 aliphatic heterocycles. The summed E-state index contributed by atoms with van der Waals surface area (Å²) >= 11 is 6.39. The number of thiocarbonyl (C=S) groups is 1. The van der Waals surface area contributed by atoms with Crippen LogP contribution in [-0.4, -0.2) is 15.2 Å². The summed E-state index contributed by atoms with van der Waals surface area (Å²) < 4.78 is 19.7. The van der Waals surface area contributed by atoms with E-state index in [0.717, 1.165) is 11.8 Å². The summed E-state index contributed by atoms with van der Waals surface area (Å²) in [4.78, 5) is 24.9. The van der Waals surface area contributed by atoms with Crippen molar-refractivity contribution in [1.82, 2.24) is 0 Å². The smallest absolute Gasteiger partial charge is 0.270 e. The van der Waals surface area contributed by atoms with Crippen LogP contribution in [0.25, 0.3) is 17.4 Å². The van der Waals surface area contributed by atoms with Crippen molar-refractivity contribution in [3.63, 3.8) is 0 Å². The molecule has 0 atom stereocenters. The summed E-state index contributed by atoms with van der Waals surface area (Å²) in [6.45, 7) is 1.76. The molecule has 30 heavy (non-hydrogen) atoms. The molecule has 0 unspecified atom stereocenters. The van der Waals surface area contributed by atoms with Crippen LogP contribution in [0.4, 0.5) is 15.8 Å². The number of thioether (sulfide) groups is 1. The normalized spacial score (nSPS) is 15.3. The van der Waals surface area contributed by atoms with E-state index in [9.17, 15) is 19.3 Å². The lowest BCUT2D eigenvalue weighted by atomic mass is 10.1. The van der Waals surface area contributed by atoms with E-state index in [-0.39, 0.29) is 11.6 Å². The van der Waals surface area contributed by atoms with Gasteiger partial charge in [0.25, 0.3) is 11.6 Å². The van der Waals surface area contributed by atoms with Crippen molar-refractivity contribution in [2.75, 3.05) is 4.90 Å². The number of hydrogen-bond acceptors (Lipinski definition) is 6. The van der Waals surface area contributed by atoms with Crippen molar-refractivity contribution < 1.29 is 18.5 Å². The van der Waals surface area contributed by atoms with Gasteiger partial charge in [-0.25, -0.2) is 4.39 Å². The molecule has 1 aliphatic rings. The van der Waals surface area contributed by atoms with Gasteiger partial charge in [0.1, 0.15) is 17.3 Å². The SMILES string of the molecule is Cc1cc([N+](=O)[O-])ccc1-c1ccc(/C=C2/SC(=S)N(c3cccc(F)c3)C2=O)o1. The van der Waals surface area contributed by atoms with E-state index in [4.69, 9.17) is 16.6 Å². The van der Waals surface area contributed by atoms with Crippen molar-refractivity contribution in [2.24, 2.45) is 0 Å². The van der Waals surface area contributed by atoms with Crippen LogP contribution in [0, 0.1) is 22.9 Å². The number of aryl methyl sites for hydroxylation is 1. The Kier molecular flexibility index (Phi) is 5.23. The molecule has 0 radical (unpaired) electrons. The third-order valence-electron chi connectivity index (χ3n) is 4.45. The number of nitrogens with zero attached hydrogens (tertiary/aromatic N) is 2. The molecular formula is C21H13FN2O4S2. The first-order valence-electron chi connectivity index (χ1n) is 8.72. The molecule has 6 nitrogen and oxygen atoms in total. The van der Waals surface area contributed by atoms with E-state index >= 15 is 0 Å². The van der Waals surface area contributed by atoms with Gasteiger partial charge in [-0.15, -0.1) is 0 Å². The van der Waals surface area contributed by atoms with Crippen molar-refractivity contribution in [3.8, 4) is 11.3 Å². The van der Waals surface area contributed by atoms with Gasteiger partial charge < -0.3 is 4.42 Å². The fourth-order valence-corrected chi connectivity index (χ4v) is 4.33. The number of furan rings is 1. The highest BCUT2D eigenvalue weighted by molar-refractivity contribution is 8.27. The summed E-state index contributed by atoms with van der Waals surface area (Å²) in [5.74, 6) is 0.136. The Morgan fingerprint density at radius 3 is 2.70 bits per heavy atom. The van der Waals surface area contributed by atoms with E-state index in [1.54, 1.807) is 37.3 Å². The minimum Gasteiger partial charge on any atom is -0.457 e. The summed E-state index contributed by atoms with van der Waals surface area (Å²) in [7, 11) is 0. The number of carbonyl (C=O) groups is 1. The Morgan fingerprint density at radius 2 is 2.00 bits per heavy atom. The van der Waals surface area contributed by atoms with Crippen LogP contribution in [-0.2, 0) is 4.79 Å². The highest BCUT2D eigenvalue weighted by atomic mass is 32.2. The summed E-state index contributed by atoms with van der Waals surface area (Å²) in [5, 5.41) is 10.9. The second-order valence-electron chi connectivity index (χ2n) is 6.46. The molecule has 2 aromatic carbocycles. The molecular weight excluding hydrogens is 427 g/mol. The van der Waals surface area contributed by atoms with Crippen LogP contribution in [0.3, 0.4) is 0 Å². The number of benzene rings is 2. The van der Waals surface area contributed by atoms with E-state index in [1.807, 2.05) is 0 Å². The first-order valence-corrected chi connectivity index (χ1v) is 9.95. The number of carbonyl (C=O) groups excluding carboxylic acids is 1. The van der Waals surface area contributed by atoms with Gasteiger partial charge in [0.2, 0.25) is 0 Å². The lowest BCUT2D eigenvalue weighted by Gasteiger charge is -2.14. The standard InChI is InChI=1S/C21H13FN2O4S2/c1-12-9-15(24(26)27)5-7-17(12)18-8-6-16(28-18)11-19-20(25)23(21(29)30-19)14-4-2-3-13(22)10-14/h2-11H,1H3/b19-11+. The average Bonchev–Trinajstić information content (AvgIpc) is 3.26. The van der Waals surface area contributed by atoms with Crippen molar-refractivity contribution in [2.45, 2.75) is 6.92 Å². The van der Waals surface area contributed by atoms with Gasteiger partial charge in [0.15, 0.2) is 4.32 Å². The molecule has 0 spiro atoms. The fraction of sp³-hybridized carbons (Fsp3) is 0.0476. The lowest BCUT2D eigenvalue weighted by molar-refractivity contribution is -0.384. The topological polar surface area (TPSA) is 76.6 Å². The highest BCUT2D eigenvalue weighted by Gasteiger charge is 2.33. The summed E-state index contributed by atoms with van der Waals surface area (Å²) in [6.07, 6.45) is 1.57. The Labute approximate surface area is 180 Å². The molecule has 0 bridgehead atoms. The van der Waals surface area contributed by atoms with Gasteiger partial charge in [-0.3, -0.25) is 19.8 Å². The van der Waals surface area contributed by atoms with Crippen LogP contribution in [0.1, 0.15) is 11.3 Å². The number of anilines is 1. The Hall–Kier alpha value is -3.30. The number of hydrogen-bond donors (Lipinski definition) is 0. The molecule has 1 saturated heterocycles. The van der Waals surface area contributed by atoms with Crippen molar-refractivity contribution >= 4 is 51.7 Å². The van der Waals surface area contributed by atoms with Crippen LogP contribution in [0.15, 0.2) is 63.9 Å². The number of halogens is 1. The maximum Gasteiger partial charge on any atom is 0.270 e. The Morgan fingerprint density at radius 1 is 1.20 bits per heavy atom. The largest absolute Gasteiger partial charge is 0.457 e. The average molecular weight is 440 g/mol. The molecule has 1 fully saturated rings. The zero-order valence-electron chi connectivity index (χ0n) is 15.5. The van der Waals surface area contributed by atoms with Gasteiger partial charge >= 0.3 is 0 Å². The molecule has 150 valence electrons. The first-order chi connectivity index (χ1) is 14.3. The quantitative estimate of drug-likeness (QED) is 0.224. The van der Waals surface area contributed by atoms with Crippen LogP contribution < -0.4 is 4.90 Å². The van der Waals surface area contributed by atoms with Crippen molar-refractivity contribution in [3.05, 3.63) is 86.8 Å². The molecule has 0 saturated carbocycles. The van der Waals surface area contributed by atoms with E-state index in [1.165, 1.54) is 35.2 Å². The van der Waals surface area contributed by atoms with Gasteiger partial charge in [-0.1, -0.05) is 30.0 Å². The summed E-state index contributed by atoms with van der Waals surface area (Å²) in [6, 6.07) is 13.6. The molecule has 0 N–H and O–H groups in total. The van der Waals surface area contributed by atoms with Crippen molar-refractivity contribution in [1.29, 1.82) is 0 Å². The minimum atomic E-state index is -0.459. The zero-order chi connectivity index (χ0) is 21.4.